The molecule has 0 radical (unpaired) electrons. The number of aromatic nitrogens is 1. The second-order valence-corrected chi connectivity index (χ2v) is 7.83. The Balaban J connectivity index is 1.75. The first-order valence-electron chi connectivity index (χ1n) is 9.66. The Hall–Kier alpha value is -3.88. The molecule has 0 fully saturated rings. The summed E-state index contributed by atoms with van der Waals surface area (Å²) in [4.78, 5) is 15.9. The zero-order valence-electron chi connectivity index (χ0n) is 16.5. The SMILES string of the molecule is N#Cc1c(-c2ccccc2)cc(-c2ccccc2)nc1SCc1ccc(C(=O)O)cc1. The van der Waals surface area contributed by atoms with Crippen LogP contribution in [0, 0.1) is 11.3 Å². The second kappa shape index (κ2) is 9.29. The Morgan fingerprint density at radius 1 is 0.903 bits per heavy atom. The van der Waals surface area contributed by atoms with Crippen LogP contribution in [-0.4, -0.2) is 16.1 Å². The molecule has 4 rings (SSSR count). The molecule has 1 aromatic heterocycles. The maximum atomic E-state index is 11.1. The van der Waals surface area contributed by atoms with E-state index in [0.29, 0.717) is 16.3 Å². The number of thioether (sulfide) groups is 1. The fraction of sp³-hybridized carbons (Fsp3) is 0.0385. The van der Waals surface area contributed by atoms with E-state index in [2.05, 4.69) is 6.07 Å². The molecule has 1 N–H and O–H groups in total. The summed E-state index contributed by atoms with van der Waals surface area (Å²) in [5.41, 5.74) is 5.36. The van der Waals surface area contributed by atoms with Crippen molar-refractivity contribution in [3.8, 4) is 28.5 Å². The van der Waals surface area contributed by atoms with E-state index in [-0.39, 0.29) is 5.56 Å². The van der Waals surface area contributed by atoms with Crippen LogP contribution in [-0.2, 0) is 5.75 Å². The third kappa shape index (κ3) is 4.66. The molecule has 31 heavy (non-hydrogen) atoms. The van der Waals surface area contributed by atoms with Gasteiger partial charge in [-0.2, -0.15) is 5.26 Å². The van der Waals surface area contributed by atoms with Gasteiger partial charge >= 0.3 is 5.97 Å². The van der Waals surface area contributed by atoms with Crippen LogP contribution in [0.3, 0.4) is 0 Å². The molecule has 150 valence electrons. The molecule has 3 aromatic carbocycles. The maximum absolute atomic E-state index is 11.1. The molecule has 1 heterocycles. The van der Waals surface area contributed by atoms with Crippen LogP contribution in [0.4, 0.5) is 0 Å². The molecule has 0 spiro atoms. The van der Waals surface area contributed by atoms with Crippen LogP contribution in [0.25, 0.3) is 22.4 Å². The van der Waals surface area contributed by atoms with Gasteiger partial charge in [0.15, 0.2) is 0 Å². The van der Waals surface area contributed by atoms with Gasteiger partial charge in [0.05, 0.1) is 16.8 Å². The molecule has 0 bridgehead atoms. The molecule has 4 aromatic rings. The Bertz CT molecular complexity index is 1250. The Labute approximate surface area is 184 Å². The van der Waals surface area contributed by atoms with Gasteiger partial charge in [-0.15, -0.1) is 11.8 Å². The van der Waals surface area contributed by atoms with Crippen molar-refractivity contribution in [2.45, 2.75) is 10.8 Å². The summed E-state index contributed by atoms with van der Waals surface area (Å²) in [5.74, 6) is -0.371. The fourth-order valence-electron chi connectivity index (χ4n) is 3.23. The summed E-state index contributed by atoms with van der Waals surface area (Å²) in [6.07, 6.45) is 0. The van der Waals surface area contributed by atoms with E-state index in [1.165, 1.54) is 11.8 Å². The average Bonchev–Trinajstić information content (AvgIpc) is 2.83. The summed E-state index contributed by atoms with van der Waals surface area (Å²) in [6.45, 7) is 0. The summed E-state index contributed by atoms with van der Waals surface area (Å²) >= 11 is 1.48. The predicted octanol–water partition coefficient (Wildman–Crippen LogP) is 6.28. The van der Waals surface area contributed by atoms with Crippen molar-refractivity contribution in [3.05, 3.63) is 108 Å². The van der Waals surface area contributed by atoms with Gasteiger partial charge < -0.3 is 5.11 Å². The number of carbonyl (C=O) groups is 1. The van der Waals surface area contributed by atoms with Gasteiger partial charge in [0, 0.05) is 16.9 Å². The van der Waals surface area contributed by atoms with Crippen molar-refractivity contribution in [2.75, 3.05) is 0 Å². The van der Waals surface area contributed by atoms with E-state index >= 15 is 0 Å². The second-order valence-electron chi connectivity index (χ2n) is 6.87. The average molecular weight is 423 g/mol. The Morgan fingerprint density at radius 2 is 1.52 bits per heavy atom. The predicted molar refractivity (Wildman–Crippen MR) is 123 cm³/mol. The zero-order valence-corrected chi connectivity index (χ0v) is 17.3. The summed E-state index contributed by atoms with van der Waals surface area (Å²) in [6, 6.07) is 30.8. The van der Waals surface area contributed by atoms with Crippen molar-refractivity contribution in [1.29, 1.82) is 5.26 Å². The molecule has 0 saturated heterocycles. The molecule has 0 aliphatic rings. The number of aromatic carboxylic acids is 1. The van der Waals surface area contributed by atoms with Crippen molar-refractivity contribution in [3.63, 3.8) is 0 Å². The van der Waals surface area contributed by atoms with Crippen LogP contribution in [0.2, 0.25) is 0 Å². The molecule has 0 amide bonds. The fourth-order valence-corrected chi connectivity index (χ4v) is 4.19. The Kier molecular flexibility index (Phi) is 6.11. The number of rotatable bonds is 6. The lowest BCUT2D eigenvalue weighted by Gasteiger charge is -2.13. The topological polar surface area (TPSA) is 74.0 Å². The monoisotopic (exact) mass is 422 g/mol. The molecule has 5 heteroatoms. The third-order valence-corrected chi connectivity index (χ3v) is 5.88. The minimum absolute atomic E-state index is 0.252. The van der Waals surface area contributed by atoms with Gasteiger partial charge in [-0.1, -0.05) is 72.8 Å². The Morgan fingerprint density at radius 3 is 2.10 bits per heavy atom. The molecule has 0 aliphatic carbocycles. The van der Waals surface area contributed by atoms with Gasteiger partial charge in [-0.3, -0.25) is 0 Å². The lowest BCUT2D eigenvalue weighted by Crippen LogP contribution is -1.97. The molecule has 0 atom stereocenters. The molecule has 0 aliphatic heterocycles. The highest BCUT2D eigenvalue weighted by molar-refractivity contribution is 7.98. The summed E-state index contributed by atoms with van der Waals surface area (Å²) in [7, 11) is 0. The number of nitriles is 1. The molecule has 0 unspecified atom stereocenters. The molecular weight excluding hydrogens is 404 g/mol. The van der Waals surface area contributed by atoms with Crippen molar-refractivity contribution in [1.82, 2.24) is 4.98 Å². The van der Waals surface area contributed by atoms with Gasteiger partial charge in [0.1, 0.15) is 11.1 Å². The lowest BCUT2D eigenvalue weighted by molar-refractivity contribution is 0.0697. The minimum Gasteiger partial charge on any atom is -0.478 e. The number of carboxylic acid groups (broad SMARTS) is 1. The van der Waals surface area contributed by atoms with Crippen LogP contribution >= 0.6 is 11.8 Å². The van der Waals surface area contributed by atoms with Crippen LogP contribution in [0.1, 0.15) is 21.5 Å². The number of carboxylic acids is 1. The van der Waals surface area contributed by atoms with E-state index < -0.39 is 5.97 Å². The third-order valence-electron chi connectivity index (χ3n) is 4.83. The smallest absolute Gasteiger partial charge is 0.335 e. The summed E-state index contributed by atoms with van der Waals surface area (Å²) < 4.78 is 0. The first kappa shape index (κ1) is 20.4. The van der Waals surface area contributed by atoms with Crippen LogP contribution < -0.4 is 0 Å². The highest BCUT2D eigenvalue weighted by Crippen LogP contribution is 2.35. The van der Waals surface area contributed by atoms with Crippen molar-refractivity contribution >= 4 is 17.7 Å². The highest BCUT2D eigenvalue weighted by Gasteiger charge is 2.16. The number of pyridine rings is 1. The number of hydrogen-bond acceptors (Lipinski definition) is 4. The van der Waals surface area contributed by atoms with E-state index in [1.807, 2.05) is 66.7 Å². The van der Waals surface area contributed by atoms with Gasteiger partial charge in [0.25, 0.3) is 0 Å². The first-order chi connectivity index (χ1) is 15.2. The zero-order chi connectivity index (χ0) is 21.6. The van der Waals surface area contributed by atoms with Crippen LogP contribution in [0.15, 0.2) is 96.0 Å². The number of benzene rings is 3. The standard InChI is InChI=1S/C26H18N2O2S/c27-16-23-22(19-7-3-1-4-8-19)15-24(20-9-5-2-6-10-20)28-25(23)31-17-18-11-13-21(14-12-18)26(29)30/h1-15H,17H2,(H,29,30). The van der Waals surface area contributed by atoms with E-state index in [0.717, 1.165) is 27.9 Å². The highest BCUT2D eigenvalue weighted by atomic mass is 32.2. The van der Waals surface area contributed by atoms with Crippen molar-refractivity contribution in [2.24, 2.45) is 0 Å². The minimum atomic E-state index is -0.948. The molecule has 0 saturated carbocycles. The first-order valence-corrected chi connectivity index (χ1v) is 10.7. The lowest BCUT2D eigenvalue weighted by atomic mass is 9.99. The van der Waals surface area contributed by atoms with Crippen LogP contribution in [0.5, 0.6) is 0 Å². The van der Waals surface area contributed by atoms with Gasteiger partial charge in [0.2, 0.25) is 0 Å². The molecule has 4 nitrogen and oxygen atoms in total. The molecular formula is C26H18N2O2S. The summed E-state index contributed by atoms with van der Waals surface area (Å²) in [5, 5.41) is 19.7. The normalized spacial score (nSPS) is 10.4. The van der Waals surface area contributed by atoms with Gasteiger partial charge in [-0.25, -0.2) is 9.78 Å². The maximum Gasteiger partial charge on any atom is 0.335 e. The van der Waals surface area contributed by atoms with Crippen molar-refractivity contribution < 1.29 is 9.90 Å². The van der Waals surface area contributed by atoms with Gasteiger partial charge in [-0.05, 0) is 29.3 Å². The van der Waals surface area contributed by atoms with E-state index in [9.17, 15) is 10.1 Å². The number of hydrogen-bond donors (Lipinski definition) is 1. The van der Waals surface area contributed by atoms with E-state index in [4.69, 9.17) is 10.1 Å². The number of nitrogens with zero attached hydrogens (tertiary/aromatic N) is 2. The quantitative estimate of drug-likeness (QED) is 0.370. The van der Waals surface area contributed by atoms with E-state index in [1.54, 1.807) is 24.3 Å². The largest absolute Gasteiger partial charge is 0.478 e.